The molecule has 0 saturated heterocycles. The number of aryl methyl sites for hydroxylation is 1. The molecule has 0 fully saturated rings. The van der Waals surface area contributed by atoms with E-state index in [1.54, 1.807) is 36.4 Å². The van der Waals surface area contributed by atoms with Crippen LogP contribution in [0.2, 0.25) is 5.02 Å². The van der Waals surface area contributed by atoms with E-state index in [1.165, 1.54) is 12.1 Å². The number of hydrogen-bond acceptors (Lipinski definition) is 6. The van der Waals surface area contributed by atoms with Crippen LogP contribution in [0.25, 0.3) is 40.0 Å². The van der Waals surface area contributed by atoms with Crippen LogP contribution in [-0.4, -0.2) is 21.1 Å². The van der Waals surface area contributed by atoms with E-state index in [-0.39, 0.29) is 16.8 Å². The van der Waals surface area contributed by atoms with Gasteiger partial charge < -0.3 is 19.3 Å². The molecule has 1 amide bonds. The van der Waals surface area contributed by atoms with Crippen molar-refractivity contribution in [2.45, 2.75) is 13.3 Å². The summed E-state index contributed by atoms with van der Waals surface area (Å²) < 4.78 is 11.6. The predicted octanol–water partition coefficient (Wildman–Crippen LogP) is 7.20. The number of carbonyl (C=O) groups excluding carboxylic acids is 1. The zero-order chi connectivity index (χ0) is 26.6. The molecule has 3 aromatic carbocycles. The minimum absolute atomic E-state index is 0.00660. The van der Waals surface area contributed by atoms with Gasteiger partial charge >= 0.3 is 0 Å². The number of carbonyl (C=O) groups is 1. The fraction of sp³-hybridized carbons (Fsp3) is 0.0690. The molecule has 0 spiro atoms. The highest BCUT2D eigenvalue weighted by molar-refractivity contribution is 7.80. The number of amides is 1. The Morgan fingerprint density at radius 3 is 2.66 bits per heavy atom. The molecule has 7 nitrogen and oxygen atoms in total. The van der Waals surface area contributed by atoms with Crippen LogP contribution in [0, 0.1) is 0 Å². The van der Waals surface area contributed by atoms with Crippen LogP contribution < -0.4 is 10.6 Å². The lowest BCUT2D eigenvalue weighted by Gasteiger charge is -2.09. The quantitative estimate of drug-likeness (QED) is 0.118. The Morgan fingerprint density at radius 1 is 1.05 bits per heavy atom. The summed E-state index contributed by atoms with van der Waals surface area (Å²) in [5.41, 5.74) is 4.29. The van der Waals surface area contributed by atoms with E-state index in [0.29, 0.717) is 38.9 Å². The highest BCUT2D eigenvalue weighted by atomic mass is 35.5. The van der Waals surface area contributed by atoms with Crippen LogP contribution in [0.1, 0.15) is 18.2 Å². The van der Waals surface area contributed by atoms with Crippen molar-refractivity contribution in [2.75, 3.05) is 5.32 Å². The molecular formula is C29H22ClN3O4S. The van der Waals surface area contributed by atoms with E-state index >= 15 is 0 Å². The van der Waals surface area contributed by atoms with E-state index in [2.05, 4.69) is 22.5 Å². The molecule has 0 aliphatic heterocycles. The predicted molar refractivity (Wildman–Crippen MR) is 153 cm³/mol. The largest absolute Gasteiger partial charge is 0.507 e. The minimum Gasteiger partial charge on any atom is -0.507 e. The Kier molecular flexibility index (Phi) is 7.26. The number of anilines is 1. The minimum atomic E-state index is -0.434. The number of nitrogens with zero attached hydrogens (tertiary/aromatic N) is 1. The van der Waals surface area contributed by atoms with Gasteiger partial charge in [0.25, 0.3) is 0 Å². The number of rotatable bonds is 6. The number of phenolic OH excluding ortho intramolecular Hbond substituents is 1. The first-order valence-electron chi connectivity index (χ1n) is 11.8. The third-order valence-electron chi connectivity index (χ3n) is 5.74. The summed E-state index contributed by atoms with van der Waals surface area (Å²) in [6, 6.07) is 21.4. The van der Waals surface area contributed by atoms with Crippen molar-refractivity contribution in [3.05, 3.63) is 95.2 Å². The molecule has 190 valence electrons. The first kappa shape index (κ1) is 25.3. The van der Waals surface area contributed by atoms with Gasteiger partial charge in [0.1, 0.15) is 22.8 Å². The third kappa shape index (κ3) is 5.77. The van der Waals surface area contributed by atoms with Crippen molar-refractivity contribution < 1.29 is 18.7 Å². The molecule has 9 heteroatoms. The number of oxazole rings is 1. The molecule has 0 aliphatic carbocycles. The van der Waals surface area contributed by atoms with Gasteiger partial charge in [-0.05, 0) is 97.0 Å². The molecule has 3 N–H and O–H groups in total. The first-order chi connectivity index (χ1) is 18.4. The van der Waals surface area contributed by atoms with Gasteiger partial charge in [-0.25, -0.2) is 4.98 Å². The molecule has 0 atom stereocenters. The molecule has 0 aliphatic rings. The molecule has 0 unspecified atom stereocenters. The van der Waals surface area contributed by atoms with Gasteiger partial charge in [0.05, 0.1) is 5.56 Å². The maximum Gasteiger partial charge on any atom is 0.250 e. The Hall–Kier alpha value is -4.40. The van der Waals surface area contributed by atoms with Crippen LogP contribution in [0.15, 0.2) is 87.7 Å². The fourth-order valence-electron chi connectivity index (χ4n) is 3.78. The fourth-order valence-corrected chi connectivity index (χ4v) is 4.12. The number of fused-ring (bicyclic) bond motifs is 1. The highest BCUT2D eigenvalue weighted by Crippen LogP contribution is 2.33. The molecule has 0 radical (unpaired) electrons. The van der Waals surface area contributed by atoms with Crippen LogP contribution in [0.5, 0.6) is 5.75 Å². The average molecular weight is 544 g/mol. The van der Waals surface area contributed by atoms with E-state index in [9.17, 15) is 9.90 Å². The number of aromatic nitrogens is 1. The van der Waals surface area contributed by atoms with Crippen molar-refractivity contribution in [3.8, 4) is 28.5 Å². The van der Waals surface area contributed by atoms with Crippen LogP contribution >= 0.6 is 23.8 Å². The van der Waals surface area contributed by atoms with Crippen molar-refractivity contribution in [2.24, 2.45) is 0 Å². The van der Waals surface area contributed by atoms with Crippen LogP contribution in [0.3, 0.4) is 0 Å². The molecule has 0 saturated carbocycles. The van der Waals surface area contributed by atoms with Gasteiger partial charge in [-0.3, -0.25) is 10.1 Å². The summed E-state index contributed by atoms with van der Waals surface area (Å²) in [6.45, 7) is 2.07. The molecule has 2 heterocycles. The number of furan rings is 1. The number of halogens is 1. The van der Waals surface area contributed by atoms with Crippen LogP contribution in [-0.2, 0) is 11.2 Å². The summed E-state index contributed by atoms with van der Waals surface area (Å²) in [5.74, 6) is 1.02. The van der Waals surface area contributed by atoms with E-state index in [0.717, 1.165) is 17.5 Å². The number of hydrogen-bond donors (Lipinski definition) is 3. The van der Waals surface area contributed by atoms with Gasteiger partial charge in [0, 0.05) is 22.3 Å². The maximum absolute atomic E-state index is 12.4. The van der Waals surface area contributed by atoms with Gasteiger partial charge in [0.15, 0.2) is 10.7 Å². The number of aromatic hydroxyl groups is 1. The van der Waals surface area contributed by atoms with Crippen molar-refractivity contribution in [1.29, 1.82) is 0 Å². The topological polar surface area (TPSA) is 101 Å². The Morgan fingerprint density at radius 2 is 1.87 bits per heavy atom. The van der Waals surface area contributed by atoms with Gasteiger partial charge in [0.2, 0.25) is 11.8 Å². The monoisotopic (exact) mass is 543 g/mol. The molecule has 5 aromatic rings. The zero-order valence-electron chi connectivity index (χ0n) is 20.2. The standard InChI is InChI=1S/C29H22ClN3O4S/c1-2-17-3-12-26-23(15-17)32-28(37-26)22-16-20(8-11-24(22)34)31-29(38)33-27(35)14-10-21-9-13-25(36-21)18-4-6-19(30)7-5-18/h3-16,34H,2H2,1H3,(H2,31,33,35,38). The lowest BCUT2D eigenvalue weighted by Crippen LogP contribution is -2.32. The molecule has 5 rings (SSSR count). The SMILES string of the molecule is CCc1ccc2oc(-c3cc(NC(=S)NC(=O)C=Cc4ccc(-c5ccc(Cl)cc5)o4)ccc3O)nc2c1. The summed E-state index contributed by atoms with van der Waals surface area (Å²) in [4.78, 5) is 16.9. The van der Waals surface area contributed by atoms with Gasteiger partial charge in [-0.2, -0.15) is 0 Å². The van der Waals surface area contributed by atoms with Crippen molar-refractivity contribution in [3.63, 3.8) is 0 Å². The summed E-state index contributed by atoms with van der Waals surface area (Å²) in [7, 11) is 0. The second-order valence-electron chi connectivity index (χ2n) is 8.39. The third-order valence-corrected chi connectivity index (χ3v) is 6.19. The lowest BCUT2D eigenvalue weighted by atomic mass is 10.1. The van der Waals surface area contributed by atoms with Gasteiger partial charge in [-0.1, -0.05) is 24.6 Å². The normalized spacial score (nSPS) is 11.2. The van der Waals surface area contributed by atoms with Crippen molar-refractivity contribution >= 4 is 57.7 Å². The summed E-state index contributed by atoms with van der Waals surface area (Å²) in [5, 5.41) is 16.7. The molecular weight excluding hydrogens is 522 g/mol. The van der Waals surface area contributed by atoms with Crippen LogP contribution in [0.4, 0.5) is 5.69 Å². The first-order valence-corrected chi connectivity index (χ1v) is 12.6. The van der Waals surface area contributed by atoms with E-state index in [4.69, 9.17) is 32.7 Å². The smallest absolute Gasteiger partial charge is 0.250 e. The van der Waals surface area contributed by atoms with Gasteiger partial charge in [-0.15, -0.1) is 0 Å². The number of phenols is 1. The zero-order valence-corrected chi connectivity index (χ0v) is 21.8. The second kappa shape index (κ2) is 10.9. The van der Waals surface area contributed by atoms with Crippen molar-refractivity contribution in [1.82, 2.24) is 10.3 Å². The Balaban J connectivity index is 1.23. The van der Waals surface area contributed by atoms with E-state index in [1.807, 2.05) is 36.4 Å². The lowest BCUT2D eigenvalue weighted by molar-refractivity contribution is -0.115. The maximum atomic E-state index is 12.4. The molecule has 2 aromatic heterocycles. The van der Waals surface area contributed by atoms with E-state index < -0.39 is 5.91 Å². The average Bonchev–Trinajstić information content (AvgIpc) is 3.55. The second-order valence-corrected chi connectivity index (χ2v) is 9.24. The summed E-state index contributed by atoms with van der Waals surface area (Å²) >= 11 is 11.2. The Labute approximate surface area is 228 Å². The number of thiocarbonyl (C=S) groups is 1. The molecule has 38 heavy (non-hydrogen) atoms. The number of benzene rings is 3. The summed E-state index contributed by atoms with van der Waals surface area (Å²) in [6.07, 6.45) is 3.75. The number of nitrogens with one attached hydrogen (secondary N) is 2. The molecule has 0 bridgehead atoms. The highest BCUT2D eigenvalue weighted by Gasteiger charge is 2.14. The Bertz CT molecular complexity index is 1670.